The van der Waals surface area contributed by atoms with E-state index in [0.29, 0.717) is 11.5 Å². The Bertz CT molecular complexity index is 328. The Hall–Kier alpha value is -1.32. The van der Waals surface area contributed by atoms with Crippen molar-refractivity contribution in [3.8, 4) is 0 Å². The van der Waals surface area contributed by atoms with Gasteiger partial charge in [-0.25, -0.2) is 0 Å². The number of aryl methyl sites for hydroxylation is 1. The van der Waals surface area contributed by atoms with Gasteiger partial charge >= 0.3 is 0 Å². The summed E-state index contributed by atoms with van der Waals surface area (Å²) < 4.78 is 1.75. The predicted octanol–water partition coefficient (Wildman–Crippen LogP) is 1.20. The molecule has 0 aliphatic rings. The van der Waals surface area contributed by atoms with Gasteiger partial charge in [-0.2, -0.15) is 5.10 Å². The number of nitrogens with zero attached hydrogens (tertiary/aromatic N) is 2. The van der Waals surface area contributed by atoms with E-state index in [1.807, 2.05) is 6.92 Å². The van der Waals surface area contributed by atoms with Gasteiger partial charge in [0.1, 0.15) is 0 Å². The van der Waals surface area contributed by atoms with Crippen molar-refractivity contribution in [2.45, 2.75) is 33.7 Å². The summed E-state index contributed by atoms with van der Waals surface area (Å²) in [6, 6.07) is 0. The van der Waals surface area contributed by atoms with E-state index in [2.05, 4.69) is 18.9 Å². The third kappa shape index (κ3) is 2.34. The summed E-state index contributed by atoms with van der Waals surface area (Å²) >= 11 is 0. The third-order valence-electron chi connectivity index (χ3n) is 2.03. The van der Waals surface area contributed by atoms with Crippen LogP contribution in [-0.4, -0.2) is 15.7 Å². The number of amides is 1. The average Bonchev–Trinajstić information content (AvgIpc) is 2.46. The normalized spacial score (nSPS) is 10.9. The number of primary amides is 1. The third-order valence-corrected chi connectivity index (χ3v) is 2.03. The lowest BCUT2D eigenvalue weighted by atomic mass is 10.1. The summed E-state index contributed by atoms with van der Waals surface area (Å²) in [4.78, 5) is 11.1. The second-order valence-corrected chi connectivity index (χ2v) is 3.81. The first-order valence-corrected chi connectivity index (χ1v) is 4.90. The number of carbonyl (C=O) groups excluding carboxylic acids is 1. The van der Waals surface area contributed by atoms with Crippen LogP contribution >= 0.6 is 0 Å². The smallest absolute Gasteiger partial charge is 0.252 e. The quantitative estimate of drug-likeness (QED) is 0.784. The molecule has 0 saturated heterocycles. The van der Waals surface area contributed by atoms with E-state index < -0.39 is 0 Å². The molecule has 0 radical (unpaired) electrons. The Morgan fingerprint density at radius 1 is 1.64 bits per heavy atom. The van der Waals surface area contributed by atoms with E-state index >= 15 is 0 Å². The molecule has 1 aromatic rings. The molecule has 0 fully saturated rings. The zero-order valence-electron chi connectivity index (χ0n) is 8.95. The minimum Gasteiger partial charge on any atom is -0.365 e. The highest BCUT2D eigenvalue weighted by molar-refractivity contribution is 5.93. The fourth-order valence-corrected chi connectivity index (χ4v) is 1.37. The molecule has 0 spiro atoms. The molecule has 0 aliphatic carbocycles. The maximum Gasteiger partial charge on any atom is 0.252 e. The molecule has 1 heterocycles. The largest absolute Gasteiger partial charge is 0.365 e. The van der Waals surface area contributed by atoms with Gasteiger partial charge in [0.15, 0.2) is 0 Å². The minimum atomic E-state index is -0.389. The Balaban J connectivity index is 2.99. The lowest BCUT2D eigenvalue weighted by molar-refractivity contribution is 0.0999. The highest BCUT2D eigenvalue weighted by Gasteiger charge is 2.13. The van der Waals surface area contributed by atoms with E-state index in [0.717, 1.165) is 18.7 Å². The number of hydrogen-bond acceptors (Lipinski definition) is 2. The fraction of sp³-hybridized carbons (Fsp3) is 0.600. The van der Waals surface area contributed by atoms with Crippen molar-refractivity contribution in [2.75, 3.05) is 0 Å². The van der Waals surface area contributed by atoms with Crippen LogP contribution in [0.4, 0.5) is 0 Å². The molecule has 0 aromatic carbocycles. The summed E-state index contributed by atoms with van der Waals surface area (Å²) in [5.74, 6) is 0.0913. The minimum absolute atomic E-state index is 0.389. The maximum atomic E-state index is 11.1. The van der Waals surface area contributed by atoms with Gasteiger partial charge in [-0.1, -0.05) is 13.8 Å². The molecule has 1 rings (SSSR count). The van der Waals surface area contributed by atoms with Gasteiger partial charge in [0.2, 0.25) is 0 Å². The molecule has 0 atom stereocenters. The van der Waals surface area contributed by atoms with E-state index in [9.17, 15) is 4.79 Å². The van der Waals surface area contributed by atoms with Gasteiger partial charge in [0, 0.05) is 12.7 Å². The molecule has 0 aliphatic heterocycles. The lowest BCUT2D eigenvalue weighted by Gasteiger charge is -2.01. The van der Waals surface area contributed by atoms with Crippen LogP contribution in [0.15, 0.2) is 6.20 Å². The van der Waals surface area contributed by atoms with Crippen molar-refractivity contribution in [3.63, 3.8) is 0 Å². The fourth-order valence-electron chi connectivity index (χ4n) is 1.37. The van der Waals surface area contributed by atoms with Crippen LogP contribution in [0.3, 0.4) is 0 Å². The molecule has 1 amide bonds. The van der Waals surface area contributed by atoms with Gasteiger partial charge in [-0.3, -0.25) is 9.48 Å². The van der Waals surface area contributed by atoms with Gasteiger partial charge in [0.05, 0.1) is 11.3 Å². The second-order valence-electron chi connectivity index (χ2n) is 3.81. The van der Waals surface area contributed by atoms with Crippen molar-refractivity contribution < 1.29 is 4.79 Å². The molecular weight excluding hydrogens is 178 g/mol. The highest BCUT2D eigenvalue weighted by Crippen LogP contribution is 2.11. The van der Waals surface area contributed by atoms with Crippen molar-refractivity contribution in [1.82, 2.24) is 9.78 Å². The maximum absolute atomic E-state index is 11.1. The van der Waals surface area contributed by atoms with Crippen LogP contribution in [0, 0.1) is 5.92 Å². The van der Waals surface area contributed by atoms with E-state index in [1.165, 1.54) is 0 Å². The number of nitrogens with two attached hydrogens (primary N) is 1. The zero-order chi connectivity index (χ0) is 10.7. The van der Waals surface area contributed by atoms with Crippen LogP contribution in [0.2, 0.25) is 0 Å². The average molecular weight is 195 g/mol. The molecule has 1 aromatic heterocycles. The van der Waals surface area contributed by atoms with Crippen molar-refractivity contribution in [3.05, 3.63) is 17.5 Å². The van der Waals surface area contributed by atoms with Crippen molar-refractivity contribution in [1.29, 1.82) is 0 Å². The standard InChI is InChI=1S/C10H17N3O/c1-4-13-6-8(10(11)14)9(12-13)5-7(2)3/h6-7H,4-5H2,1-3H3,(H2,11,14). The van der Waals surface area contributed by atoms with E-state index in [1.54, 1.807) is 10.9 Å². The van der Waals surface area contributed by atoms with Crippen LogP contribution in [0.25, 0.3) is 0 Å². The zero-order valence-corrected chi connectivity index (χ0v) is 8.95. The molecule has 0 bridgehead atoms. The summed E-state index contributed by atoms with van der Waals surface area (Å²) in [6.45, 7) is 6.93. The van der Waals surface area contributed by atoms with Crippen LogP contribution in [-0.2, 0) is 13.0 Å². The molecule has 2 N–H and O–H groups in total. The van der Waals surface area contributed by atoms with Gasteiger partial charge in [0.25, 0.3) is 5.91 Å². The molecule has 0 saturated carbocycles. The Morgan fingerprint density at radius 3 is 2.71 bits per heavy atom. The lowest BCUT2D eigenvalue weighted by Crippen LogP contribution is -2.13. The van der Waals surface area contributed by atoms with Gasteiger partial charge in [-0.05, 0) is 19.3 Å². The molecular formula is C10H17N3O. The van der Waals surface area contributed by atoms with Crippen molar-refractivity contribution in [2.24, 2.45) is 11.7 Å². The molecule has 0 unspecified atom stereocenters. The summed E-state index contributed by atoms with van der Waals surface area (Å²) in [5, 5.41) is 4.31. The monoisotopic (exact) mass is 195 g/mol. The predicted molar refractivity (Wildman–Crippen MR) is 55.0 cm³/mol. The summed E-state index contributed by atoms with van der Waals surface area (Å²) in [6.07, 6.45) is 2.52. The van der Waals surface area contributed by atoms with E-state index in [4.69, 9.17) is 5.73 Å². The Kier molecular flexibility index (Phi) is 3.28. The Labute approximate surface area is 84.1 Å². The van der Waals surface area contributed by atoms with E-state index in [-0.39, 0.29) is 5.91 Å². The summed E-state index contributed by atoms with van der Waals surface area (Å²) in [7, 11) is 0. The number of rotatable bonds is 4. The second kappa shape index (κ2) is 4.26. The molecule has 14 heavy (non-hydrogen) atoms. The molecule has 4 heteroatoms. The highest BCUT2D eigenvalue weighted by atomic mass is 16.1. The van der Waals surface area contributed by atoms with Crippen LogP contribution < -0.4 is 5.73 Å². The van der Waals surface area contributed by atoms with Gasteiger partial charge in [-0.15, -0.1) is 0 Å². The molecule has 4 nitrogen and oxygen atoms in total. The first-order valence-electron chi connectivity index (χ1n) is 4.90. The first-order chi connectivity index (χ1) is 6.54. The van der Waals surface area contributed by atoms with Crippen LogP contribution in [0.5, 0.6) is 0 Å². The van der Waals surface area contributed by atoms with Crippen LogP contribution in [0.1, 0.15) is 36.8 Å². The number of hydrogen-bond donors (Lipinski definition) is 1. The topological polar surface area (TPSA) is 60.9 Å². The summed E-state index contributed by atoms with van der Waals surface area (Å²) in [5.41, 5.74) is 6.64. The number of carbonyl (C=O) groups is 1. The molecule has 78 valence electrons. The van der Waals surface area contributed by atoms with Crippen molar-refractivity contribution >= 4 is 5.91 Å². The SMILES string of the molecule is CCn1cc(C(N)=O)c(CC(C)C)n1. The number of aromatic nitrogens is 2. The van der Waals surface area contributed by atoms with Gasteiger partial charge < -0.3 is 5.73 Å². The first kappa shape index (κ1) is 10.8. The Morgan fingerprint density at radius 2 is 2.29 bits per heavy atom.